The van der Waals surface area contributed by atoms with Crippen molar-refractivity contribution in [1.82, 2.24) is 9.55 Å². The molecule has 2 aromatic carbocycles. The van der Waals surface area contributed by atoms with Crippen LogP contribution < -0.4 is 10.5 Å². The van der Waals surface area contributed by atoms with E-state index in [1.165, 1.54) is 0 Å². The smallest absolute Gasteiger partial charge is 0.253 e. The Hall–Kier alpha value is -3.44. The van der Waals surface area contributed by atoms with Crippen molar-refractivity contribution in [3.05, 3.63) is 83.3 Å². The number of fused-ring (bicyclic) bond motifs is 1. The summed E-state index contributed by atoms with van der Waals surface area (Å²) in [5.74, 6) is 0. The van der Waals surface area contributed by atoms with Gasteiger partial charge in [-0.3, -0.25) is 9.78 Å². The fraction of sp³-hybridized carbons (Fsp3) is 0.231. The van der Waals surface area contributed by atoms with Crippen molar-refractivity contribution in [3.63, 3.8) is 0 Å². The van der Waals surface area contributed by atoms with E-state index >= 15 is 0 Å². The second-order valence-corrected chi connectivity index (χ2v) is 7.71. The zero-order valence-corrected chi connectivity index (χ0v) is 17.6. The van der Waals surface area contributed by atoms with E-state index < -0.39 is 0 Å². The lowest BCUT2D eigenvalue weighted by Crippen LogP contribution is -2.37. The second kappa shape index (κ2) is 8.36. The van der Waals surface area contributed by atoms with Crippen LogP contribution in [0.2, 0.25) is 0 Å². The molecule has 31 heavy (non-hydrogen) atoms. The van der Waals surface area contributed by atoms with E-state index in [0.717, 1.165) is 52.1 Å². The molecule has 0 N–H and O–H groups in total. The van der Waals surface area contributed by atoms with E-state index in [1.54, 1.807) is 6.07 Å². The summed E-state index contributed by atoms with van der Waals surface area (Å²) in [6, 6.07) is 22.5. The number of pyridine rings is 2. The van der Waals surface area contributed by atoms with E-state index in [4.69, 9.17) is 4.74 Å². The number of hydrogen-bond donors (Lipinski definition) is 0. The van der Waals surface area contributed by atoms with Gasteiger partial charge in [0, 0.05) is 48.4 Å². The number of morpholine rings is 1. The van der Waals surface area contributed by atoms with Gasteiger partial charge in [0.25, 0.3) is 5.56 Å². The minimum atomic E-state index is 0.0376. The Balaban J connectivity index is 1.72. The maximum Gasteiger partial charge on any atom is 0.253 e. The van der Waals surface area contributed by atoms with Crippen molar-refractivity contribution in [2.75, 3.05) is 31.2 Å². The van der Waals surface area contributed by atoms with Crippen LogP contribution in [0.3, 0.4) is 0 Å². The lowest BCUT2D eigenvalue weighted by Gasteiger charge is -2.30. The van der Waals surface area contributed by atoms with E-state index in [0.29, 0.717) is 19.8 Å². The highest BCUT2D eigenvalue weighted by molar-refractivity contribution is 5.96. The molecule has 1 aliphatic rings. The van der Waals surface area contributed by atoms with Crippen LogP contribution in [0.1, 0.15) is 6.92 Å². The van der Waals surface area contributed by atoms with Crippen LogP contribution in [0.4, 0.5) is 5.69 Å². The third kappa shape index (κ3) is 3.62. The van der Waals surface area contributed by atoms with Gasteiger partial charge in [-0.05, 0) is 30.7 Å². The lowest BCUT2D eigenvalue weighted by atomic mass is 9.97. The number of anilines is 1. The van der Waals surface area contributed by atoms with Crippen LogP contribution in [0.5, 0.6) is 0 Å². The Morgan fingerprint density at radius 1 is 0.935 bits per heavy atom. The standard InChI is InChI=1S/C26H25N3O2/c1-2-29-23-11-10-20(21-9-6-12-27-26(21)19-7-4-3-5-8-19)17-22(23)24(18-25(29)30)28-13-15-31-16-14-28/h3-12,17-18H,2,13-16H2,1H3. The fourth-order valence-corrected chi connectivity index (χ4v) is 4.39. The monoisotopic (exact) mass is 411 g/mol. The summed E-state index contributed by atoms with van der Waals surface area (Å²) in [5, 5.41) is 1.09. The number of nitrogens with zero attached hydrogens (tertiary/aromatic N) is 3. The van der Waals surface area contributed by atoms with E-state index in [-0.39, 0.29) is 5.56 Å². The molecule has 0 atom stereocenters. The third-order valence-corrected chi connectivity index (χ3v) is 5.92. The largest absolute Gasteiger partial charge is 0.378 e. The molecule has 1 fully saturated rings. The SMILES string of the molecule is CCn1c(=O)cc(N2CCOCC2)c2cc(-c3cccnc3-c3ccccc3)ccc21. The minimum absolute atomic E-state index is 0.0376. The number of aromatic nitrogens is 2. The minimum Gasteiger partial charge on any atom is -0.378 e. The van der Waals surface area contributed by atoms with Crippen molar-refractivity contribution in [1.29, 1.82) is 0 Å². The highest BCUT2D eigenvalue weighted by Crippen LogP contribution is 2.34. The first kappa shape index (κ1) is 19.5. The highest BCUT2D eigenvalue weighted by atomic mass is 16.5. The molecular weight excluding hydrogens is 386 g/mol. The van der Waals surface area contributed by atoms with Gasteiger partial charge in [0.15, 0.2) is 0 Å². The second-order valence-electron chi connectivity index (χ2n) is 7.71. The van der Waals surface area contributed by atoms with Crippen LogP contribution in [-0.4, -0.2) is 35.9 Å². The summed E-state index contributed by atoms with van der Waals surface area (Å²) < 4.78 is 7.37. The molecule has 0 radical (unpaired) electrons. The summed E-state index contributed by atoms with van der Waals surface area (Å²) in [7, 11) is 0. The first-order valence-corrected chi connectivity index (χ1v) is 10.8. The van der Waals surface area contributed by atoms with Gasteiger partial charge in [-0.2, -0.15) is 0 Å². The fourth-order valence-electron chi connectivity index (χ4n) is 4.39. The first-order valence-electron chi connectivity index (χ1n) is 10.8. The molecule has 4 aromatic rings. The molecule has 5 nitrogen and oxygen atoms in total. The molecule has 3 heterocycles. The van der Waals surface area contributed by atoms with Crippen LogP contribution in [0.25, 0.3) is 33.3 Å². The predicted molar refractivity (Wildman–Crippen MR) is 126 cm³/mol. The molecule has 0 amide bonds. The van der Waals surface area contributed by atoms with Gasteiger partial charge in [-0.25, -0.2) is 0 Å². The first-order chi connectivity index (χ1) is 15.3. The molecule has 0 aliphatic carbocycles. The van der Waals surface area contributed by atoms with Gasteiger partial charge >= 0.3 is 0 Å². The third-order valence-electron chi connectivity index (χ3n) is 5.92. The molecule has 156 valence electrons. The zero-order chi connectivity index (χ0) is 21.2. The van der Waals surface area contributed by atoms with Crippen molar-refractivity contribution >= 4 is 16.6 Å². The molecule has 1 saturated heterocycles. The van der Waals surface area contributed by atoms with Crippen molar-refractivity contribution in [2.45, 2.75) is 13.5 Å². The number of rotatable bonds is 4. The molecule has 1 aliphatic heterocycles. The molecule has 5 heteroatoms. The van der Waals surface area contributed by atoms with Gasteiger partial charge in [-0.1, -0.05) is 42.5 Å². The van der Waals surface area contributed by atoms with Gasteiger partial charge in [0.1, 0.15) is 0 Å². The number of benzene rings is 2. The van der Waals surface area contributed by atoms with Crippen molar-refractivity contribution in [2.24, 2.45) is 0 Å². The Morgan fingerprint density at radius 3 is 2.52 bits per heavy atom. The Morgan fingerprint density at radius 2 is 1.74 bits per heavy atom. The van der Waals surface area contributed by atoms with Crippen LogP contribution in [-0.2, 0) is 11.3 Å². The van der Waals surface area contributed by atoms with E-state index in [1.807, 2.05) is 42.0 Å². The maximum atomic E-state index is 12.8. The molecule has 0 unspecified atom stereocenters. The quantitative estimate of drug-likeness (QED) is 0.493. The molecule has 5 rings (SSSR count). The molecule has 0 spiro atoms. The Labute approximate surface area is 181 Å². The average molecular weight is 412 g/mol. The number of aryl methyl sites for hydroxylation is 1. The summed E-state index contributed by atoms with van der Waals surface area (Å²) in [4.78, 5) is 19.8. The topological polar surface area (TPSA) is 47.4 Å². The highest BCUT2D eigenvalue weighted by Gasteiger charge is 2.18. The number of ether oxygens (including phenoxy) is 1. The molecular formula is C26H25N3O2. The predicted octanol–water partition coefficient (Wildman–Crippen LogP) is 4.59. The van der Waals surface area contributed by atoms with Crippen LogP contribution >= 0.6 is 0 Å². The van der Waals surface area contributed by atoms with Gasteiger partial charge < -0.3 is 14.2 Å². The van der Waals surface area contributed by atoms with Crippen molar-refractivity contribution < 1.29 is 4.74 Å². The molecule has 2 aromatic heterocycles. The Kier molecular flexibility index (Phi) is 5.26. The van der Waals surface area contributed by atoms with Crippen molar-refractivity contribution in [3.8, 4) is 22.4 Å². The normalized spacial score (nSPS) is 14.2. The molecule has 0 bridgehead atoms. The summed E-state index contributed by atoms with van der Waals surface area (Å²) in [6.07, 6.45) is 1.83. The molecule has 0 saturated carbocycles. The Bertz CT molecular complexity index is 1280. The van der Waals surface area contributed by atoms with E-state index in [2.05, 4.69) is 46.3 Å². The summed E-state index contributed by atoms with van der Waals surface area (Å²) in [6.45, 7) is 5.59. The van der Waals surface area contributed by atoms with Crippen LogP contribution in [0, 0.1) is 0 Å². The summed E-state index contributed by atoms with van der Waals surface area (Å²) >= 11 is 0. The maximum absolute atomic E-state index is 12.8. The van der Waals surface area contributed by atoms with Gasteiger partial charge in [-0.15, -0.1) is 0 Å². The lowest BCUT2D eigenvalue weighted by molar-refractivity contribution is 0.123. The van der Waals surface area contributed by atoms with Gasteiger partial charge in [0.2, 0.25) is 0 Å². The summed E-state index contributed by atoms with van der Waals surface area (Å²) in [5.41, 5.74) is 6.21. The van der Waals surface area contributed by atoms with Gasteiger partial charge in [0.05, 0.1) is 30.1 Å². The zero-order valence-electron chi connectivity index (χ0n) is 17.6. The van der Waals surface area contributed by atoms with E-state index in [9.17, 15) is 4.79 Å². The number of hydrogen-bond acceptors (Lipinski definition) is 4. The van der Waals surface area contributed by atoms with Crippen LogP contribution in [0.15, 0.2) is 77.7 Å². The average Bonchev–Trinajstić information content (AvgIpc) is 2.84.